The molecule has 184 valence electrons. The summed E-state index contributed by atoms with van der Waals surface area (Å²) in [6, 6.07) is 20.8. The molecule has 0 aromatic heterocycles. The SMILES string of the molecule is CC1=C2C(C)=C(C=CC=Cc3ccccc3)C=CC(/C=C/C=Cc3ccccc3)=C2C=C(C(C)C)C=C1. The van der Waals surface area contributed by atoms with Gasteiger partial charge >= 0.3 is 0 Å². The van der Waals surface area contributed by atoms with Crippen LogP contribution in [0.25, 0.3) is 12.2 Å². The van der Waals surface area contributed by atoms with Crippen molar-refractivity contribution < 1.29 is 0 Å². The van der Waals surface area contributed by atoms with Gasteiger partial charge in [-0.05, 0) is 69.9 Å². The van der Waals surface area contributed by atoms with Crippen molar-refractivity contribution >= 4 is 12.2 Å². The fraction of sp³-hybridized carbons (Fsp3) is 0.135. The van der Waals surface area contributed by atoms with Crippen molar-refractivity contribution in [2.24, 2.45) is 5.92 Å². The van der Waals surface area contributed by atoms with Gasteiger partial charge in [-0.25, -0.2) is 0 Å². The molecule has 0 bridgehead atoms. The number of fused-ring (bicyclic) bond motifs is 1. The standard InChI is InChI=1S/C37H36/c1-28(2)35-24-23-29(3)37-30(4)33(21-13-11-19-31-15-7-5-8-16-31)25-26-34(36(37)27-35)22-14-12-20-32-17-9-6-10-18-32/h5-28H,1-4H3/b19-11?,20-12?,21-13?,22-14+. The molecule has 0 atom stereocenters. The lowest BCUT2D eigenvalue weighted by atomic mass is 9.89. The maximum Gasteiger partial charge on any atom is -0.0103 e. The molecular formula is C37H36. The Morgan fingerprint density at radius 1 is 0.568 bits per heavy atom. The summed E-state index contributed by atoms with van der Waals surface area (Å²) in [5.74, 6) is 0.457. The van der Waals surface area contributed by atoms with Gasteiger partial charge in [0.05, 0.1) is 0 Å². The van der Waals surface area contributed by atoms with Crippen LogP contribution >= 0.6 is 0 Å². The van der Waals surface area contributed by atoms with Gasteiger partial charge in [-0.1, -0.05) is 153 Å². The summed E-state index contributed by atoms with van der Waals surface area (Å²) >= 11 is 0. The van der Waals surface area contributed by atoms with E-state index in [4.69, 9.17) is 0 Å². The van der Waals surface area contributed by atoms with E-state index in [1.54, 1.807) is 0 Å². The van der Waals surface area contributed by atoms with Crippen molar-refractivity contribution in [3.05, 3.63) is 178 Å². The summed E-state index contributed by atoms with van der Waals surface area (Å²) < 4.78 is 0. The molecule has 0 amide bonds. The highest BCUT2D eigenvalue weighted by atomic mass is 14.2. The van der Waals surface area contributed by atoms with Gasteiger partial charge in [0, 0.05) is 0 Å². The third kappa shape index (κ3) is 6.96. The molecular weight excluding hydrogens is 444 g/mol. The Balaban J connectivity index is 1.71. The van der Waals surface area contributed by atoms with Gasteiger partial charge in [-0.15, -0.1) is 0 Å². The first-order chi connectivity index (χ1) is 18.0. The van der Waals surface area contributed by atoms with Crippen LogP contribution in [-0.4, -0.2) is 0 Å². The van der Waals surface area contributed by atoms with Crippen LogP contribution in [0.4, 0.5) is 0 Å². The first-order valence-corrected chi connectivity index (χ1v) is 13.1. The van der Waals surface area contributed by atoms with Crippen molar-refractivity contribution in [2.75, 3.05) is 0 Å². The second-order valence-electron chi connectivity index (χ2n) is 9.73. The zero-order valence-electron chi connectivity index (χ0n) is 22.4. The minimum absolute atomic E-state index is 0.457. The lowest BCUT2D eigenvalue weighted by Gasteiger charge is -2.15. The van der Waals surface area contributed by atoms with Crippen LogP contribution in [0.2, 0.25) is 0 Å². The van der Waals surface area contributed by atoms with Crippen LogP contribution in [0.1, 0.15) is 38.8 Å². The topological polar surface area (TPSA) is 0 Å². The second kappa shape index (κ2) is 12.7. The monoisotopic (exact) mass is 480 g/mol. The molecule has 0 aliphatic heterocycles. The van der Waals surface area contributed by atoms with Gasteiger partial charge in [0.15, 0.2) is 0 Å². The van der Waals surface area contributed by atoms with Gasteiger partial charge in [-0.2, -0.15) is 0 Å². The third-order valence-electron chi connectivity index (χ3n) is 6.68. The van der Waals surface area contributed by atoms with Crippen molar-refractivity contribution in [1.82, 2.24) is 0 Å². The Kier molecular flexibility index (Phi) is 8.89. The molecule has 0 saturated carbocycles. The first kappa shape index (κ1) is 25.9. The van der Waals surface area contributed by atoms with E-state index < -0.39 is 0 Å². The molecule has 0 nitrogen and oxygen atoms in total. The minimum atomic E-state index is 0.457. The molecule has 0 N–H and O–H groups in total. The van der Waals surface area contributed by atoms with Crippen LogP contribution in [0.5, 0.6) is 0 Å². The van der Waals surface area contributed by atoms with E-state index >= 15 is 0 Å². The predicted octanol–water partition coefficient (Wildman–Crippen LogP) is 10.2. The van der Waals surface area contributed by atoms with Crippen LogP contribution < -0.4 is 0 Å². The van der Waals surface area contributed by atoms with E-state index in [-0.39, 0.29) is 0 Å². The van der Waals surface area contributed by atoms with Crippen LogP contribution in [0.3, 0.4) is 0 Å². The number of hydrogen-bond acceptors (Lipinski definition) is 0. The lowest BCUT2D eigenvalue weighted by Crippen LogP contribution is -1.97. The van der Waals surface area contributed by atoms with E-state index in [1.807, 2.05) is 12.1 Å². The molecule has 0 saturated heterocycles. The third-order valence-corrected chi connectivity index (χ3v) is 6.68. The average Bonchev–Trinajstić information content (AvgIpc) is 3.16. The van der Waals surface area contributed by atoms with Crippen LogP contribution in [-0.2, 0) is 0 Å². The molecule has 0 spiro atoms. The van der Waals surface area contributed by atoms with E-state index in [2.05, 4.69) is 155 Å². The summed E-state index contributed by atoms with van der Waals surface area (Å²) in [4.78, 5) is 0. The summed E-state index contributed by atoms with van der Waals surface area (Å²) in [6.07, 6.45) is 28.7. The Bertz CT molecular complexity index is 1400. The molecule has 0 heteroatoms. The zero-order chi connectivity index (χ0) is 26.0. The lowest BCUT2D eigenvalue weighted by molar-refractivity contribution is 0.791. The van der Waals surface area contributed by atoms with E-state index in [1.165, 1.54) is 50.1 Å². The van der Waals surface area contributed by atoms with Crippen molar-refractivity contribution in [1.29, 1.82) is 0 Å². The molecule has 37 heavy (non-hydrogen) atoms. The quantitative estimate of drug-likeness (QED) is 0.346. The van der Waals surface area contributed by atoms with Crippen molar-refractivity contribution in [3.63, 3.8) is 0 Å². The van der Waals surface area contributed by atoms with Crippen LogP contribution in [0, 0.1) is 5.92 Å². The molecule has 2 aromatic carbocycles. The van der Waals surface area contributed by atoms with Gasteiger partial charge in [0.1, 0.15) is 0 Å². The number of benzene rings is 2. The molecule has 2 aromatic rings. The highest BCUT2D eigenvalue weighted by Gasteiger charge is 2.19. The van der Waals surface area contributed by atoms with E-state index in [0.717, 1.165) is 0 Å². The number of rotatable bonds is 7. The molecule has 0 fully saturated rings. The predicted molar refractivity (Wildman–Crippen MR) is 163 cm³/mol. The summed E-state index contributed by atoms with van der Waals surface area (Å²) in [7, 11) is 0. The van der Waals surface area contributed by atoms with Crippen molar-refractivity contribution in [2.45, 2.75) is 27.7 Å². The van der Waals surface area contributed by atoms with Crippen LogP contribution in [0.15, 0.2) is 167 Å². The smallest absolute Gasteiger partial charge is 0.0103 e. The van der Waals surface area contributed by atoms with Gasteiger partial charge in [0.2, 0.25) is 0 Å². The Morgan fingerprint density at radius 3 is 1.65 bits per heavy atom. The highest BCUT2D eigenvalue weighted by Crippen LogP contribution is 2.37. The Hall–Kier alpha value is -4.16. The molecule has 0 radical (unpaired) electrons. The minimum Gasteiger partial charge on any atom is -0.0622 e. The fourth-order valence-corrected chi connectivity index (χ4v) is 4.53. The Morgan fingerprint density at radius 2 is 1.08 bits per heavy atom. The number of hydrogen-bond donors (Lipinski definition) is 0. The van der Waals surface area contributed by atoms with Gasteiger partial charge in [-0.3, -0.25) is 0 Å². The molecule has 4 rings (SSSR count). The normalized spacial score (nSPS) is 16.6. The van der Waals surface area contributed by atoms with Gasteiger partial charge < -0.3 is 0 Å². The number of allylic oxidation sites excluding steroid dienone is 18. The molecule has 2 aliphatic carbocycles. The summed E-state index contributed by atoms with van der Waals surface area (Å²) in [5, 5.41) is 0. The maximum atomic E-state index is 2.38. The molecule has 0 unspecified atom stereocenters. The summed E-state index contributed by atoms with van der Waals surface area (Å²) in [6.45, 7) is 8.99. The maximum absolute atomic E-state index is 2.38. The highest BCUT2D eigenvalue weighted by molar-refractivity contribution is 5.69. The van der Waals surface area contributed by atoms with Crippen molar-refractivity contribution in [3.8, 4) is 0 Å². The summed E-state index contributed by atoms with van der Waals surface area (Å²) in [5.41, 5.74) is 11.4. The van der Waals surface area contributed by atoms with E-state index in [0.29, 0.717) is 5.92 Å². The largest absolute Gasteiger partial charge is 0.0622 e. The van der Waals surface area contributed by atoms with E-state index in [9.17, 15) is 0 Å². The second-order valence-corrected chi connectivity index (χ2v) is 9.73. The fourth-order valence-electron chi connectivity index (χ4n) is 4.53. The molecule has 2 aliphatic rings. The average molecular weight is 481 g/mol. The first-order valence-electron chi connectivity index (χ1n) is 13.1. The zero-order valence-corrected chi connectivity index (χ0v) is 22.4. The molecule has 0 heterocycles. The van der Waals surface area contributed by atoms with Gasteiger partial charge in [0.25, 0.3) is 0 Å². The Labute approximate surface area is 223 Å².